The summed E-state index contributed by atoms with van der Waals surface area (Å²) in [6.07, 6.45) is -1.61. The highest BCUT2D eigenvalue weighted by molar-refractivity contribution is 6.33. The number of carbonyl (C=O) groups excluding carboxylic acids is 1. The number of alkyl halides is 3. The monoisotopic (exact) mass is 333 g/mol. The van der Waals surface area contributed by atoms with E-state index in [1.54, 1.807) is 0 Å². The minimum Gasteiger partial charge on any atom is -0.317 e. The molecule has 0 saturated carbocycles. The lowest BCUT2D eigenvalue weighted by atomic mass is 9.78. The van der Waals surface area contributed by atoms with Crippen molar-refractivity contribution in [1.82, 2.24) is 10.3 Å². The van der Waals surface area contributed by atoms with Crippen molar-refractivity contribution in [3.63, 3.8) is 0 Å². The molecule has 120 valence electrons. The van der Waals surface area contributed by atoms with Gasteiger partial charge in [0.05, 0.1) is 16.0 Å². The number of aromatic nitrogens is 1. The van der Waals surface area contributed by atoms with Crippen LogP contribution in [0.25, 0.3) is 0 Å². The van der Waals surface area contributed by atoms with Gasteiger partial charge >= 0.3 is 6.18 Å². The van der Waals surface area contributed by atoms with Gasteiger partial charge in [0, 0.05) is 12.7 Å². The number of amides is 1. The molecule has 1 N–H and O–H groups in total. The zero-order chi connectivity index (χ0) is 16.0. The Balaban J connectivity index is 1.88. The lowest BCUT2D eigenvalue weighted by Gasteiger charge is -2.32. The van der Waals surface area contributed by atoms with E-state index in [0.29, 0.717) is 13.0 Å². The van der Waals surface area contributed by atoms with Gasteiger partial charge in [-0.3, -0.25) is 9.69 Å². The van der Waals surface area contributed by atoms with Crippen LogP contribution < -0.4 is 10.2 Å². The van der Waals surface area contributed by atoms with Crippen molar-refractivity contribution in [2.45, 2.75) is 25.4 Å². The standard InChI is InChI=1S/C14H15ClF3N3O/c15-10-7-9(14(16,17)18)8-20-11(10)21-6-3-13(12(21)22)1-4-19-5-2-13/h7-8,19H,1-6H2. The fourth-order valence-electron chi connectivity index (χ4n) is 3.18. The first kappa shape index (κ1) is 15.6. The largest absolute Gasteiger partial charge is 0.417 e. The molecule has 2 aliphatic rings. The first-order valence-electron chi connectivity index (χ1n) is 7.09. The predicted octanol–water partition coefficient (Wildman–Crippen LogP) is 2.86. The van der Waals surface area contributed by atoms with E-state index in [9.17, 15) is 18.0 Å². The van der Waals surface area contributed by atoms with Gasteiger partial charge in [0.15, 0.2) is 5.82 Å². The third kappa shape index (κ3) is 2.56. The Morgan fingerprint density at radius 3 is 2.55 bits per heavy atom. The first-order valence-corrected chi connectivity index (χ1v) is 7.47. The summed E-state index contributed by atoms with van der Waals surface area (Å²) in [5.74, 6) is 0.0400. The molecule has 3 heterocycles. The Bertz CT molecular complexity index is 599. The summed E-state index contributed by atoms with van der Waals surface area (Å²) in [6.45, 7) is 1.98. The zero-order valence-electron chi connectivity index (χ0n) is 11.7. The van der Waals surface area contributed by atoms with Crippen LogP contribution in [0.3, 0.4) is 0 Å². The van der Waals surface area contributed by atoms with Gasteiger partial charge in [-0.2, -0.15) is 13.2 Å². The van der Waals surface area contributed by atoms with Crippen molar-refractivity contribution in [1.29, 1.82) is 0 Å². The lowest BCUT2D eigenvalue weighted by Crippen LogP contribution is -2.43. The molecule has 0 aromatic carbocycles. The van der Waals surface area contributed by atoms with Crippen LogP contribution in [-0.2, 0) is 11.0 Å². The third-order valence-electron chi connectivity index (χ3n) is 4.48. The van der Waals surface area contributed by atoms with Gasteiger partial charge < -0.3 is 5.32 Å². The number of pyridine rings is 1. The van der Waals surface area contributed by atoms with E-state index in [4.69, 9.17) is 11.6 Å². The van der Waals surface area contributed by atoms with Gasteiger partial charge in [0.1, 0.15) is 0 Å². The van der Waals surface area contributed by atoms with Gasteiger partial charge in [-0.25, -0.2) is 4.98 Å². The van der Waals surface area contributed by atoms with Gasteiger partial charge in [0.25, 0.3) is 0 Å². The fraction of sp³-hybridized carbons (Fsp3) is 0.571. The number of carbonyl (C=O) groups is 1. The van der Waals surface area contributed by atoms with Gasteiger partial charge in [-0.05, 0) is 38.4 Å². The average Bonchev–Trinajstić information content (AvgIpc) is 2.76. The van der Waals surface area contributed by atoms with Crippen LogP contribution in [0.1, 0.15) is 24.8 Å². The molecule has 0 bridgehead atoms. The van der Waals surface area contributed by atoms with Crippen molar-refractivity contribution in [3.05, 3.63) is 22.8 Å². The molecular weight excluding hydrogens is 319 g/mol. The summed E-state index contributed by atoms with van der Waals surface area (Å²) >= 11 is 5.94. The van der Waals surface area contributed by atoms with Crippen LogP contribution >= 0.6 is 11.6 Å². The summed E-state index contributed by atoms with van der Waals surface area (Å²) in [5, 5.41) is 3.06. The quantitative estimate of drug-likeness (QED) is 0.859. The van der Waals surface area contributed by atoms with Crippen LogP contribution in [-0.4, -0.2) is 30.5 Å². The van der Waals surface area contributed by atoms with Gasteiger partial charge in [0.2, 0.25) is 5.91 Å². The molecule has 1 amide bonds. The van der Waals surface area contributed by atoms with Crippen LogP contribution in [0, 0.1) is 5.41 Å². The van der Waals surface area contributed by atoms with E-state index in [-0.39, 0.29) is 16.7 Å². The number of halogens is 4. The average molecular weight is 334 g/mol. The van der Waals surface area contributed by atoms with Gasteiger partial charge in [-0.1, -0.05) is 11.6 Å². The Kier molecular flexibility index (Phi) is 3.81. The number of hydrogen-bond acceptors (Lipinski definition) is 3. The molecule has 8 heteroatoms. The van der Waals surface area contributed by atoms with Gasteiger partial charge in [-0.15, -0.1) is 0 Å². The molecule has 2 aliphatic heterocycles. The minimum absolute atomic E-state index is 0.0804. The number of rotatable bonds is 1. The maximum absolute atomic E-state index is 12.7. The normalized spacial score (nSPS) is 21.6. The maximum atomic E-state index is 12.7. The molecule has 2 fully saturated rings. The second-order valence-corrected chi connectivity index (χ2v) is 6.17. The SMILES string of the molecule is O=C1N(c2ncc(C(F)(F)F)cc2Cl)CCC12CCNCC2. The molecule has 0 aliphatic carbocycles. The van der Waals surface area contributed by atoms with Crippen molar-refractivity contribution in [2.24, 2.45) is 5.41 Å². The second-order valence-electron chi connectivity index (χ2n) is 5.76. The third-order valence-corrected chi connectivity index (χ3v) is 4.76. The number of hydrogen-bond donors (Lipinski definition) is 1. The highest BCUT2D eigenvalue weighted by atomic mass is 35.5. The number of nitrogens with zero attached hydrogens (tertiary/aromatic N) is 2. The summed E-state index contributed by atoms with van der Waals surface area (Å²) in [4.78, 5) is 17.9. The van der Waals surface area contributed by atoms with E-state index in [1.165, 1.54) is 4.90 Å². The summed E-state index contributed by atoms with van der Waals surface area (Å²) in [5.41, 5.74) is -1.33. The van der Waals surface area contributed by atoms with E-state index >= 15 is 0 Å². The molecule has 4 nitrogen and oxygen atoms in total. The molecule has 22 heavy (non-hydrogen) atoms. The van der Waals surface area contributed by atoms with E-state index in [0.717, 1.165) is 38.2 Å². The van der Waals surface area contributed by atoms with Crippen molar-refractivity contribution < 1.29 is 18.0 Å². The molecule has 3 rings (SSSR count). The second kappa shape index (κ2) is 5.38. The molecule has 0 unspecified atom stereocenters. The molecule has 0 radical (unpaired) electrons. The summed E-state index contributed by atoms with van der Waals surface area (Å²) in [6, 6.07) is 0.824. The first-order chi connectivity index (χ1) is 10.3. The van der Waals surface area contributed by atoms with Crippen molar-refractivity contribution in [3.8, 4) is 0 Å². The van der Waals surface area contributed by atoms with Crippen LogP contribution in [0.5, 0.6) is 0 Å². The van der Waals surface area contributed by atoms with E-state index in [2.05, 4.69) is 10.3 Å². The lowest BCUT2D eigenvalue weighted by molar-refractivity contribution is -0.137. The molecule has 1 aromatic rings. The number of piperidine rings is 1. The summed E-state index contributed by atoms with van der Waals surface area (Å²) in [7, 11) is 0. The highest BCUT2D eigenvalue weighted by Gasteiger charge is 2.48. The molecule has 1 spiro atoms. The Labute approximate surface area is 130 Å². The Hall–Kier alpha value is -1.34. The highest BCUT2D eigenvalue weighted by Crippen LogP contribution is 2.43. The Morgan fingerprint density at radius 2 is 1.95 bits per heavy atom. The molecule has 2 saturated heterocycles. The number of nitrogens with one attached hydrogen (secondary N) is 1. The molecule has 0 atom stereocenters. The smallest absolute Gasteiger partial charge is 0.317 e. The maximum Gasteiger partial charge on any atom is 0.417 e. The minimum atomic E-state index is -4.50. The van der Waals surface area contributed by atoms with Crippen molar-refractivity contribution >= 4 is 23.3 Å². The predicted molar refractivity (Wildman–Crippen MR) is 75.8 cm³/mol. The van der Waals surface area contributed by atoms with Crippen LogP contribution in [0.15, 0.2) is 12.3 Å². The zero-order valence-corrected chi connectivity index (χ0v) is 12.5. The summed E-state index contributed by atoms with van der Waals surface area (Å²) < 4.78 is 38.0. The molecule has 1 aromatic heterocycles. The van der Waals surface area contributed by atoms with E-state index in [1.807, 2.05) is 0 Å². The van der Waals surface area contributed by atoms with Crippen molar-refractivity contribution in [2.75, 3.05) is 24.5 Å². The topological polar surface area (TPSA) is 45.2 Å². The van der Waals surface area contributed by atoms with E-state index < -0.39 is 17.2 Å². The van der Waals surface area contributed by atoms with Crippen LogP contribution in [0.4, 0.5) is 19.0 Å². The number of anilines is 1. The fourth-order valence-corrected chi connectivity index (χ4v) is 3.44. The molecular formula is C14H15ClF3N3O. The Morgan fingerprint density at radius 1 is 1.27 bits per heavy atom. The van der Waals surface area contributed by atoms with Crippen LogP contribution in [0.2, 0.25) is 5.02 Å².